The van der Waals surface area contributed by atoms with Crippen LogP contribution in [0.2, 0.25) is 0 Å². The Morgan fingerprint density at radius 1 is 1.00 bits per heavy atom. The molecule has 9 nitrogen and oxygen atoms in total. The van der Waals surface area contributed by atoms with E-state index in [-0.39, 0.29) is 18.9 Å². The zero-order valence-corrected chi connectivity index (χ0v) is 17.8. The number of fused-ring (bicyclic) bond motifs is 1. The summed E-state index contributed by atoms with van der Waals surface area (Å²) < 4.78 is 17.9. The van der Waals surface area contributed by atoms with Gasteiger partial charge in [-0.05, 0) is 24.3 Å². The quantitative estimate of drug-likeness (QED) is 0.405. The minimum atomic E-state index is -0.111. The lowest BCUT2D eigenvalue weighted by Crippen LogP contribution is -2.29. The Morgan fingerprint density at radius 2 is 1.88 bits per heavy atom. The number of benzene rings is 2. The maximum atomic E-state index is 12.2. The van der Waals surface area contributed by atoms with Gasteiger partial charge in [0.15, 0.2) is 11.5 Å². The van der Waals surface area contributed by atoms with Crippen molar-refractivity contribution in [2.45, 2.75) is 6.42 Å². The van der Waals surface area contributed by atoms with Crippen LogP contribution < -0.4 is 19.5 Å². The summed E-state index contributed by atoms with van der Waals surface area (Å²) in [6, 6.07) is 18.4. The van der Waals surface area contributed by atoms with Gasteiger partial charge in [0.1, 0.15) is 18.1 Å². The van der Waals surface area contributed by atoms with E-state index in [0.717, 1.165) is 16.9 Å². The van der Waals surface area contributed by atoms with Crippen molar-refractivity contribution in [2.75, 3.05) is 27.4 Å². The van der Waals surface area contributed by atoms with Gasteiger partial charge in [0.25, 0.3) is 0 Å². The van der Waals surface area contributed by atoms with E-state index in [0.29, 0.717) is 29.6 Å². The summed E-state index contributed by atoms with van der Waals surface area (Å²) in [4.78, 5) is 12.2. The molecule has 0 radical (unpaired) electrons. The van der Waals surface area contributed by atoms with Crippen molar-refractivity contribution in [3.63, 3.8) is 0 Å². The van der Waals surface area contributed by atoms with Crippen LogP contribution >= 0.6 is 0 Å². The van der Waals surface area contributed by atoms with Crippen molar-refractivity contribution in [1.29, 1.82) is 0 Å². The molecule has 0 saturated heterocycles. The van der Waals surface area contributed by atoms with Gasteiger partial charge in [0.05, 0.1) is 27.2 Å². The lowest BCUT2D eigenvalue weighted by atomic mass is 10.1. The first-order chi connectivity index (χ1) is 15.7. The number of hydrogen-bond acceptors (Lipinski definition) is 7. The van der Waals surface area contributed by atoms with Crippen LogP contribution in [0.3, 0.4) is 0 Å². The second-order valence-corrected chi connectivity index (χ2v) is 6.88. The molecule has 2 aromatic carbocycles. The standard InChI is InChI=1S/C23H23N5O4/c1-30-18-8-5-7-17(14-18)23-26-25-20-10-11-22(27-28(20)23)32-13-12-24-21(29)15-16-6-3-4-9-19(16)31-2/h3-11,14H,12-13,15H2,1-2H3,(H,24,29). The summed E-state index contributed by atoms with van der Waals surface area (Å²) in [7, 11) is 3.20. The predicted molar refractivity (Wildman–Crippen MR) is 118 cm³/mol. The molecule has 164 valence electrons. The van der Waals surface area contributed by atoms with Gasteiger partial charge in [-0.1, -0.05) is 30.3 Å². The van der Waals surface area contributed by atoms with E-state index in [4.69, 9.17) is 14.2 Å². The summed E-state index contributed by atoms with van der Waals surface area (Å²) in [6.45, 7) is 0.616. The predicted octanol–water partition coefficient (Wildman–Crippen LogP) is 2.55. The molecule has 1 amide bonds. The molecule has 4 aromatic rings. The van der Waals surface area contributed by atoms with Crippen molar-refractivity contribution in [3.8, 4) is 28.8 Å². The molecule has 4 rings (SSSR count). The second-order valence-electron chi connectivity index (χ2n) is 6.88. The van der Waals surface area contributed by atoms with E-state index in [1.165, 1.54) is 0 Å². The molecule has 0 aliphatic heterocycles. The zero-order valence-electron chi connectivity index (χ0n) is 17.8. The smallest absolute Gasteiger partial charge is 0.231 e. The van der Waals surface area contributed by atoms with Gasteiger partial charge in [-0.15, -0.1) is 15.3 Å². The number of nitrogens with one attached hydrogen (secondary N) is 1. The van der Waals surface area contributed by atoms with E-state index in [1.54, 1.807) is 30.9 Å². The Labute approximate surface area is 185 Å². The van der Waals surface area contributed by atoms with Crippen LogP contribution in [-0.2, 0) is 11.2 Å². The largest absolute Gasteiger partial charge is 0.497 e. The van der Waals surface area contributed by atoms with Crippen LogP contribution in [0.5, 0.6) is 17.4 Å². The Morgan fingerprint density at radius 3 is 2.72 bits per heavy atom. The molecule has 0 unspecified atom stereocenters. The molecule has 32 heavy (non-hydrogen) atoms. The highest BCUT2D eigenvalue weighted by atomic mass is 16.5. The van der Waals surface area contributed by atoms with Gasteiger partial charge in [0.2, 0.25) is 11.8 Å². The summed E-state index contributed by atoms with van der Waals surface area (Å²) >= 11 is 0. The number of para-hydroxylation sites is 1. The van der Waals surface area contributed by atoms with Crippen molar-refractivity contribution < 1.29 is 19.0 Å². The molecule has 2 aromatic heterocycles. The molecule has 9 heteroatoms. The van der Waals surface area contributed by atoms with Crippen LogP contribution in [0, 0.1) is 0 Å². The average Bonchev–Trinajstić information content (AvgIpc) is 3.25. The third kappa shape index (κ3) is 4.77. The lowest BCUT2D eigenvalue weighted by molar-refractivity contribution is -0.120. The highest BCUT2D eigenvalue weighted by molar-refractivity contribution is 5.79. The summed E-state index contributed by atoms with van der Waals surface area (Å²) in [5.41, 5.74) is 2.25. The fourth-order valence-electron chi connectivity index (χ4n) is 3.22. The minimum Gasteiger partial charge on any atom is -0.497 e. The van der Waals surface area contributed by atoms with E-state index in [2.05, 4.69) is 20.6 Å². The van der Waals surface area contributed by atoms with Gasteiger partial charge < -0.3 is 19.5 Å². The molecule has 1 N–H and O–H groups in total. The van der Waals surface area contributed by atoms with Gasteiger partial charge in [-0.2, -0.15) is 4.52 Å². The summed E-state index contributed by atoms with van der Waals surface area (Å²) in [6.07, 6.45) is 0.235. The average molecular weight is 433 g/mol. The van der Waals surface area contributed by atoms with E-state index >= 15 is 0 Å². The Hall–Kier alpha value is -4.14. The number of amides is 1. The number of nitrogens with zero attached hydrogens (tertiary/aromatic N) is 4. The molecule has 0 aliphatic rings. The maximum Gasteiger partial charge on any atom is 0.231 e. The number of methoxy groups -OCH3 is 2. The Balaban J connectivity index is 1.36. The van der Waals surface area contributed by atoms with Gasteiger partial charge in [-0.3, -0.25) is 4.79 Å². The van der Waals surface area contributed by atoms with E-state index < -0.39 is 0 Å². The topological polar surface area (TPSA) is 99.9 Å². The molecule has 0 fully saturated rings. The van der Waals surface area contributed by atoms with E-state index in [1.807, 2.05) is 48.5 Å². The van der Waals surface area contributed by atoms with Gasteiger partial charge in [-0.25, -0.2) is 0 Å². The summed E-state index contributed by atoms with van der Waals surface area (Å²) in [5, 5.41) is 15.7. The highest BCUT2D eigenvalue weighted by Gasteiger charge is 2.12. The van der Waals surface area contributed by atoms with Crippen LogP contribution in [0.1, 0.15) is 5.56 Å². The number of rotatable bonds is 9. The van der Waals surface area contributed by atoms with Crippen molar-refractivity contribution >= 4 is 11.6 Å². The fraction of sp³-hybridized carbons (Fsp3) is 0.217. The minimum absolute atomic E-state index is 0.111. The zero-order chi connectivity index (χ0) is 22.3. The Bertz CT molecular complexity index is 1220. The third-order valence-corrected chi connectivity index (χ3v) is 4.78. The molecular formula is C23H23N5O4. The first-order valence-corrected chi connectivity index (χ1v) is 10.1. The number of carbonyl (C=O) groups excluding carboxylic acids is 1. The first kappa shape index (κ1) is 21.1. The van der Waals surface area contributed by atoms with Gasteiger partial charge in [0, 0.05) is 17.2 Å². The lowest BCUT2D eigenvalue weighted by Gasteiger charge is -2.10. The SMILES string of the molecule is COc1cccc(-c2nnc3ccc(OCCNC(=O)Cc4ccccc4OC)nn23)c1. The number of aromatic nitrogens is 4. The molecule has 0 spiro atoms. The Kier molecular flexibility index (Phi) is 6.45. The van der Waals surface area contributed by atoms with Crippen LogP contribution in [-0.4, -0.2) is 53.1 Å². The van der Waals surface area contributed by atoms with Crippen molar-refractivity contribution in [1.82, 2.24) is 25.1 Å². The van der Waals surface area contributed by atoms with Crippen molar-refractivity contribution in [3.05, 3.63) is 66.2 Å². The second kappa shape index (κ2) is 9.78. The molecule has 0 aliphatic carbocycles. The third-order valence-electron chi connectivity index (χ3n) is 4.78. The molecular weight excluding hydrogens is 410 g/mol. The monoisotopic (exact) mass is 433 g/mol. The fourth-order valence-corrected chi connectivity index (χ4v) is 3.22. The number of ether oxygens (including phenoxy) is 3. The van der Waals surface area contributed by atoms with Crippen LogP contribution in [0.4, 0.5) is 0 Å². The normalized spacial score (nSPS) is 10.7. The number of carbonyl (C=O) groups is 1. The number of hydrogen-bond donors (Lipinski definition) is 1. The molecule has 0 atom stereocenters. The van der Waals surface area contributed by atoms with Gasteiger partial charge >= 0.3 is 0 Å². The first-order valence-electron chi connectivity index (χ1n) is 10.1. The van der Waals surface area contributed by atoms with Crippen LogP contribution in [0.25, 0.3) is 17.0 Å². The van der Waals surface area contributed by atoms with Crippen LogP contribution in [0.15, 0.2) is 60.7 Å². The summed E-state index contributed by atoms with van der Waals surface area (Å²) in [5.74, 6) is 2.28. The molecule has 0 saturated carbocycles. The molecule has 2 heterocycles. The maximum absolute atomic E-state index is 12.2. The highest BCUT2D eigenvalue weighted by Crippen LogP contribution is 2.23. The van der Waals surface area contributed by atoms with Crippen molar-refractivity contribution in [2.24, 2.45) is 0 Å². The molecule has 0 bridgehead atoms. The van der Waals surface area contributed by atoms with E-state index in [9.17, 15) is 4.79 Å².